The summed E-state index contributed by atoms with van der Waals surface area (Å²) in [5, 5.41) is 17.8. The van der Waals surface area contributed by atoms with E-state index in [2.05, 4.69) is 0 Å². The second kappa shape index (κ2) is 3.38. The van der Waals surface area contributed by atoms with Gasteiger partial charge in [-0.1, -0.05) is 0 Å². The lowest BCUT2D eigenvalue weighted by molar-refractivity contribution is -0.206. The van der Waals surface area contributed by atoms with Crippen LogP contribution in [-0.2, 0) is 0 Å². The number of aliphatic hydroxyl groups is 1. The number of hydrogen-bond donors (Lipinski definition) is 3. The number of phenols is 1. The lowest BCUT2D eigenvalue weighted by Gasteiger charge is -2.16. The van der Waals surface area contributed by atoms with E-state index >= 15 is 0 Å². The van der Waals surface area contributed by atoms with E-state index in [0.717, 1.165) is 18.2 Å². The molecule has 0 aromatic heterocycles. The van der Waals surface area contributed by atoms with Crippen LogP contribution < -0.4 is 5.73 Å². The molecule has 0 heterocycles. The van der Waals surface area contributed by atoms with E-state index in [1.807, 2.05) is 0 Å². The number of nitrogens with two attached hydrogens (primary N) is 1. The first-order valence-electron chi connectivity index (χ1n) is 3.65. The normalized spacial score (nSPS) is 14.0. The Kier molecular flexibility index (Phi) is 2.57. The molecule has 0 saturated carbocycles. The van der Waals surface area contributed by atoms with Gasteiger partial charge in [0.2, 0.25) is 0 Å². The summed E-state index contributed by atoms with van der Waals surface area (Å²) >= 11 is 0. The quantitative estimate of drug-likeness (QED) is 0.483. The SMILES string of the molecule is Nc1ccc(O)cc1C(O)C(F)(F)F. The predicted molar refractivity (Wildman–Crippen MR) is 43.5 cm³/mol. The van der Waals surface area contributed by atoms with Crippen LogP contribution in [0, 0.1) is 0 Å². The van der Waals surface area contributed by atoms with Gasteiger partial charge in [0.05, 0.1) is 0 Å². The first-order valence-corrected chi connectivity index (χ1v) is 3.65. The molecular weight excluding hydrogens is 199 g/mol. The summed E-state index contributed by atoms with van der Waals surface area (Å²) in [6.45, 7) is 0. The van der Waals surface area contributed by atoms with Crippen LogP contribution in [0.4, 0.5) is 18.9 Å². The maximum Gasteiger partial charge on any atom is 0.418 e. The van der Waals surface area contributed by atoms with Gasteiger partial charge in [-0.2, -0.15) is 13.2 Å². The number of nitrogen functional groups attached to an aromatic ring is 1. The molecule has 78 valence electrons. The van der Waals surface area contributed by atoms with Crippen molar-refractivity contribution in [1.82, 2.24) is 0 Å². The van der Waals surface area contributed by atoms with Crippen molar-refractivity contribution in [2.24, 2.45) is 0 Å². The molecule has 0 saturated heterocycles. The van der Waals surface area contributed by atoms with E-state index in [0.29, 0.717) is 0 Å². The average molecular weight is 207 g/mol. The number of phenolic OH excluding ortho intramolecular Hbond substituents is 1. The molecule has 3 nitrogen and oxygen atoms in total. The third-order valence-electron chi connectivity index (χ3n) is 1.68. The van der Waals surface area contributed by atoms with Crippen LogP contribution in [0.25, 0.3) is 0 Å². The highest BCUT2D eigenvalue weighted by Crippen LogP contribution is 2.36. The monoisotopic (exact) mass is 207 g/mol. The molecule has 1 unspecified atom stereocenters. The smallest absolute Gasteiger partial charge is 0.418 e. The average Bonchev–Trinajstić information content (AvgIpc) is 2.06. The van der Waals surface area contributed by atoms with E-state index in [4.69, 9.17) is 15.9 Å². The highest BCUT2D eigenvalue weighted by Gasteiger charge is 2.40. The molecule has 0 aliphatic carbocycles. The summed E-state index contributed by atoms with van der Waals surface area (Å²) < 4.78 is 36.2. The Morgan fingerprint density at radius 3 is 2.36 bits per heavy atom. The van der Waals surface area contributed by atoms with Crippen molar-refractivity contribution in [3.05, 3.63) is 23.8 Å². The van der Waals surface area contributed by atoms with Crippen LogP contribution in [0.5, 0.6) is 5.75 Å². The number of aliphatic hydroxyl groups excluding tert-OH is 1. The molecule has 1 rings (SSSR count). The molecule has 1 aromatic rings. The van der Waals surface area contributed by atoms with Crippen LogP contribution in [0.15, 0.2) is 18.2 Å². The van der Waals surface area contributed by atoms with Crippen LogP contribution in [0.1, 0.15) is 11.7 Å². The number of aromatic hydroxyl groups is 1. The summed E-state index contributed by atoms with van der Waals surface area (Å²) in [5.74, 6) is -0.377. The Morgan fingerprint density at radius 1 is 1.29 bits per heavy atom. The Labute approximate surface area is 77.6 Å². The Balaban J connectivity index is 3.12. The summed E-state index contributed by atoms with van der Waals surface area (Å²) in [5.41, 5.74) is 4.46. The van der Waals surface area contributed by atoms with Crippen LogP contribution in [-0.4, -0.2) is 16.4 Å². The Bertz CT molecular complexity index is 338. The zero-order valence-electron chi connectivity index (χ0n) is 6.92. The van der Waals surface area contributed by atoms with Gasteiger partial charge in [0.25, 0.3) is 0 Å². The van der Waals surface area contributed by atoms with Gasteiger partial charge in [0, 0.05) is 11.3 Å². The lowest BCUT2D eigenvalue weighted by atomic mass is 10.1. The van der Waals surface area contributed by atoms with Gasteiger partial charge in [-0.05, 0) is 18.2 Å². The van der Waals surface area contributed by atoms with E-state index in [1.54, 1.807) is 0 Å². The highest BCUT2D eigenvalue weighted by atomic mass is 19.4. The zero-order chi connectivity index (χ0) is 10.9. The molecule has 0 aliphatic heterocycles. The van der Waals surface area contributed by atoms with Crippen molar-refractivity contribution >= 4 is 5.69 Å². The third kappa shape index (κ3) is 2.08. The van der Waals surface area contributed by atoms with E-state index < -0.39 is 17.8 Å². The largest absolute Gasteiger partial charge is 0.508 e. The molecule has 0 spiro atoms. The van der Waals surface area contributed by atoms with Gasteiger partial charge in [0.15, 0.2) is 6.10 Å². The van der Waals surface area contributed by atoms with Gasteiger partial charge in [-0.25, -0.2) is 0 Å². The van der Waals surface area contributed by atoms with Crippen molar-refractivity contribution in [3.8, 4) is 5.75 Å². The molecular formula is C8H8F3NO2. The second-order valence-corrected chi connectivity index (χ2v) is 2.76. The molecule has 0 radical (unpaired) electrons. The van der Waals surface area contributed by atoms with Crippen LogP contribution in [0.2, 0.25) is 0 Å². The fourth-order valence-corrected chi connectivity index (χ4v) is 0.975. The van der Waals surface area contributed by atoms with E-state index in [1.165, 1.54) is 0 Å². The van der Waals surface area contributed by atoms with Gasteiger partial charge in [-0.15, -0.1) is 0 Å². The molecule has 1 aromatic carbocycles. The fraction of sp³-hybridized carbons (Fsp3) is 0.250. The second-order valence-electron chi connectivity index (χ2n) is 2.76. The minimum Gasteiger partial charge on any atom is -0.508 e. The number of halogens is 3. The minimum absolute atomic E-state index is 0.215. The molecule has 0 fully saturated rings. The van der Waals surface area contributed by atoms with E-state index in [9.17, 15) is 13.2 Å². The maximum absolute atomic E-state index is 12.1. The summed E-state index contributed by atoms with van der Waals surface area (Å²) in [6, 6.07) is 3.02. The molecule has 1 atom stereocenters. The van der Waals surface area contributed by atoms with Crippen LogP contribution >= 0.6 is 0 Å². The molecule has 0 bridgehead atoms. The maximum atomic E-state index is 12.1. The molecule has 6 heteroatoms. The number of benzene rings is 1. The Morgan fingerprint density at radius 2 is 1.86 bits per heavy atom. The standard InChI is InChI=1S/C8H8F3NO2/c9-8(10,11)7(14)5-3-4(13)1-2-6(5)12/h1-3,7,13-14H,12H2. The van der Waals surface area contributed by atoms with Gasteiger partial charge >= 0.3 is 6.18 Å². The minimum atomic E-state index is -4.79. The molecule has 0 aliphatic rings. The summed E-state index contributed by atoms with van der Waals surface area (Å²) in [7, 11) is 0. The number of anilines is 1. The van der Waals surface area contributed by atoms with Crippen molar-refractivity contribution < 1.29 is 23.4 Å². The fourth-order valence-electron chi connectivity index (χ4n) is 0.975. The topological polar surface area (TPSA) is 66.5 Å². The number of hydrogen-bond acceptors (Lipinski definition) is 3. The van der Waals surface area contributed by atoms with Crippen molar-refractivity contribution in [2.45, 2.75) is 12.3 Å². The zero-order valence-corrected chi connectivity index (χ0v) is 6.92. The molecule has 4 N–H and O–H groups in total. The first-order chi connectivity index (χ1) is 6.32. The van der Waals surface area contributed by atoms with Crippen molar-refractivity contribution in [2.75, 3.05) is 5.73 Å². The van der Waals surface area contributed by atoms with Gasteiger partial charge < -0.3 is 15.9 Å². The first kappa shape index (κ1) is 10.6. The van der Waals surface area contributed by atoms with E-state index in [-0.39, 0.29) is 11.4 Å². The molecule has 14 heavy (non-hydrogen) atoms. The lowest BCUT2D eigenvalue weighted by Crippen LogP contribution is -2.21. The highest BCUT2D eigenvalue weighted by molar-refractivity contribution is 5.51. The van der Waals surface area contributed by atoms with Crippen LogP contribution in [0.3, 0.4) is 0 Å². The third-order valence-corrected chi connectivity index (χ3v) is 1.68. The van der Waals surface area contributed by atoms with Gasteiger partial charge in [0.1, 0.15) is 5.75 Å². The predicted octanol–water partition coefficient (Wildman–Crippen LogP) is 1.57. The number of alkyl halides is 3. The summed E-state index contributed by atoms with van der Waals surface area (Å²) in [6.07, 6.45) is -7.46. The van der Waals surface area contributed by atoms with Gasteiger partial charge in [-0.3, -0.25) is 0 Å². The summed E-state index contributed by atoms with van der Waals surface area (Å²) in [4.78, 5) is 0. The number of rotatable bonds is 1. The Hall–Kier alpha value is -1.43. The van der Waals surface area contributed by atoms with Crippen molar-refractivity contribution in [1.29, 1.82) is 0 Å². The van der Waals surface area contributed by atoms with Crippen molar-refractivity contribution in [3.63, 3.8) is 0 Å². The molecule has 0 amide bonds.